The molecule has 108 valence electrons. The van der Waals surface area contributed by atoms with Crippen molar-refractivity contribution < 1.29 is 9.47 Å². The summed E-state index contributed by atoms with van der Waals surface area (Å²) in [5.41, 5.74) is 0. The van der Waals surface area contributed by atoms with Crippen molar-refractivity contribution >= 4 is 27.5 Å². The molecule has 0 heterocycles. The Bertz CT molecular complexity index is 363. The molecule has 19 heavy (non-hydrogen) atoms. The van der Waals surface area contributed by atoms with Gasteiger partial charge in [0.05, 0.1) is 18.2 Å². The maximum atomic E-state index is 6.03. The van der Waals surface area contributed by atoms with E-state index >= 15 is 0 Å². The maximum Gasteiger partial charge on any atom is 0.138 e. The van der Waals surface area contributed by atoms with Crippen LogP contribution in [0.5, 0.6) is 5.75 Å². The highest BCUT2D eigenvalue weighted by Gasteiger charge is 2.01. The number of hydrogen-bond acceptors (Lipinski definition) is 3. The van der Waals surface area contributed by atoms with E-state index in [9.17, 15) is 0 Å². The first-order chi connectivity index (χ1) is 9.24. The Hall–Kier alpha value is -0.290. The Balaban J connectivity index is 2.01. The second-order valence-corrected chi connectivity index (χ2v) is 5.46. The SMILES string of the molecule is CCCCNCCOCCOc1ccc(Br)cc1Cl. The van der Waals surface area contributed by atoms with Gasteiger partial charge in [-0.2, -0.15) is 0 Å². The van der Waals surface area contributed by atoms with Gasteiger partial charge in [0.25, 0.3) is 0 Å². The van der Waals surface area contributed by atoms with E-state index in [1.54, 1.807) is 0 Å². The van der Waals surface area contributed by atoms with E-state index in [2.05, 4.69) is 28.2 Å². The molecule has 0 amide bonds. The number of rotatable bonds is 10. The molecular weight excluding hydrogens is 330 g/mol. The van der Waals surface area contributed by atoms with Crippen molar-refractivity contribution in [3.05, 3.63) is 27.7 Å². The summed E-state index contributed by atoms with van der Waals surface area (Å²) in [6.45, 7) is 5.92. The van der Waals surface area contributed by atoms with E-state index in [1.807, 2.05) is 18.2 Å². The molecule has 0 saturated carbocycles. The lowest BCUT2D eigenvalue weighted by molar-refractivity contribution is 0.102. The van der Waals surface area contributed by atoms with Crippen LogP contribution in [0.2, 0.25) is 5.02 Å². The van der Waals surface area contributed by atoms with Crippen molar-refractivity contribution in [3.63, 3.8) is 0 Å². The Kier molecular flexibility index (Phi) is 9.26. The quantitative estimate of drug-likeness (QED) is 0.649. The second kappa shape index (κ2) is 10.5. The van der Waals surface area contributed by atoms with Crippen LogP contribution >= 0.6 is 27.5 Å². The van der Waals surface area contributed by atoms with Crippen LogP contribution in [-0.4, -0.2) is 32.9 Å². The molecule has 0 unspecified atom stereocenters. The van der Waals surface area contributed by atoms with Gasteiger partial charge in [-0.25, -0.2) is 0 Å². The zero-order chi connectivity index (χ0) is 13.9. The number of ether oxygens (including phenoxy) is 2. The van der Waals surface area contributed by atoms with Crippen molar-refractivity contribution in [2.45, 2.75) is 19.8 Å². The highest BCUT2D eigenvalue weighted by Crippen LogP contribution is 2.27. The van der Waals surface area contributed by atoms with Gasteiger partial charge in [0.1, 0.15) is 12.4 Å². The molecule has 0 atom stereocenters. The fraction of sp³-hybridized carbons (Fsp3) is 0.571. The Morgan fingerprint density at radius 3 is 2.79 bits per heavy atom. The zero-order valence-electron chi connectivity index (χ0n) is 11.3. The molecule has 0 saturated heterocycles. The molecule has 1 aromatic carbocycles. The maximum absolute atomic E-state index is 6.03. The fourth-order valence-electron chi connectivity index (χ4n) is 1.48. The van der Waals surface area contributed by atoms with E-state index in [0.717, 1.165) is 17.6 Å². The summed E-state index contributed by atoms with van der Waals surface area (Å²) < 4.78 is 11.9. The molecule has 0 aromatic heterocycles. The van der Waals surface area contributed by atoms with Gasteiger partial charge in [-0.1, -0.05) is 40.9 Å². The Morgan fingerprint density at radius 2 is 2.05 bits per heavy atom. The lowest BCUT2D eigenvalue weighted by atomic mass is 10.3. The monoisotopic (exact) mass is 349 g/mol. The van der Waals surface area contributed by atoms with Crippen molar-refractivity contribution in [2.24, 2.45) is 0 Å². The molecule has 0 bridgehead atoms. The smallest absolute Gasteiger partial charge is 0.138 e. The molecular formula is C14H21BrClNO2. The van der Waals surface area contributed by atoms with Gasteiger partial charge in [0.2, 0.25) is 0 Å². The first-order valence-electron chi connectivity index (χ1n) is 6.60. The summed E-state index contributed by atoms with van der Waals surface area (Å²) in [4.78, 5) is 0. The van der Waals surface area contributed by atoms with Gasteiger partial charge in [0.15, 0.2) is 0 Å². The minimum atomic E-state index is 0.510. The number of halogens is 2. The van der Waals surface area contributed by atoms with Crippen molar-refractivity contribution in [3.8, 4) is 5.75 Å². The Morgan fingerprint density at radius 1 is 1.21 bits per heavy atom. The molecule has 1 N–H and O–H groups in total. The predicted molar refractivity (Wildman–Crippen MR) is 83.2 cm³/mol. The number of hydrogen-bond donors (Lipinski definition) is 1. The Labute approximate surface area is 128 Å². The van der Waals surface area contributed by atoms with E-state index < -0.39 is 0 Å². The third-order valence-corrected chi connectivity index (χ3v) is 3.30. The van der Waals surface area contributed by atoms with Crippen molar-refractivity contribution in [2.75, 3.05) is 32.9 Å². The van der Waals surface area contributed by atoms with Crippen molar-refractivity contribution in [1.29, 1.82) is 0 Å². The highest BCUT2D eigenvalue weighted by atomic mass is 79.9. The van der Waals surface area contributed by atoms with E-state index in [4.69, 9.17) is 21.1 Å². The molecule has 0 aliphatic heterocycles. The molecule has 5 heteroatoms. The van der Waals surface area contributed by atoms with Crippen LogP contribution in [0.25, 0.3) is 0 Å². The van der Waals surface area contributed by atoms with Crippen LogP contribution in [-0.2, 0) is 4.74 Å². The number of benzene rings is 1. The van der Waals surface area contributed by atoms with E-state index in [-0.39, 0.29) is 0 Å². The topological polar surface area (TPSA) is 30.5 Å². The third kappa shape index (κ3) is 7.78. The van der Waals surface area contributed by atoms with Crippen molar-refractivity contribution in [1.82, 2.24) is 5.32 Å². The number of unbranched alkanes of at least 4 members (excludes halogenated alkanes) is 1. The van der Waals surface area contributed by atoms with Gasteiger partial charge in [-0.05, 0) is 31.2 Å². The zero-order valence-corrected chi connectivity index (χ0v) is 13.6. The molecule has 1 aromatic rings. The minimum absolute atomic E-state index is 0.510. The summed E-state index contributed by atoms with van der Waals surface area (Å²) in [6, 6.07) is 5.56. The van der Waals surface area contributed by atoms with Gasteiger partial charge in [0, 0.05) is 11.0 Å². The van der Waals surface area contributed by atoms with Crippen LogP contribution in [0.1, 0.15) is 19.8 Å². The standard InChI is InChI=1S/C14H21BrClNO2/c1-2-3-6-17-7-8-18-9-10-19-14-5-4-12(15)11-13(14)16/h4-5,11,17H,2-3,6-10H2,1H3. The predicted octanol–water partition coefficient (Wildman–Crippen LogP) is 3.89. The van der Waals surface area contributed by atoms with Gasteiger partial charge in [-0.15, -0.1) is 0 Å². The summed E-state index contributed by atoms with van der Waals surface area (Å²) in [5, 5.41) is 3.93. The summed E-state index contributed by atoms with van der Waals surface area (Å²) in [7, 11) is 0. The first-order valence-corrected chi connectivity index (χ1v) is 7.77. The molecule has 3 nitrogen and oxygen atoms in total. The molecule has 0 aliphatic carbocycles. The third-order valence-electron chi connectivity index (χ3n) is 2.51. The van der Waals surface area contributed by atoms with Crippen LogP contribution in [0, 0.1) is 0 Å². The average molecular weight is 351 g/mol. The van der Waals surface area contributed by atoms with Crippen LogP contribution in [0.3, 0.4) is 0 Å². The molecule has 0 fully saturated rings. The van der Waals surface area contributed by atoms with Gasteiger partial charge in [-0.3, -0.25) is 0 Å². The van der Waals surface area contributed by atoms with Gasteiger partial charge >= 0.3 is 0 Å². The van der Waals surface area contributed by atoms with E-state index in [0.29, 0.717) is 30.6 Å². The fourth-order valence-corrected chi connectivity index (χ4v) is 2.20. The summed E-state index contributed by atoms with van der Waals surface area (Å²) in [6.07, 6.45) is 2.43. The lowest BCUT2D eigenvalue weighted by Gasteiger charge is -2.09. The van der Waals surface area contributed by atoms with Crippen LogP contribution in [0.15, 0.2) is 22.7 Å². The van der Waals surface area contributed by atoms with E-state index in [1.165, 1.54) is 12.8 Å². The molecule has 0 aliphatic rings. The molecule has 0 radical (unpaired) electrons. The first kappa shape index (κ1) is 16.8. The highest BCUT2D eigenvalue weighted by molar-refractivity contribution is 9.10. The number of nitrogens with one attached hydrogen (secondary N) is 1. The van der Waals surface area contributed by atoms with Gasteiger partial charge < -0.3 is 14.8 Å². The normalized spacial score (nSPS) is 10.7. The summed E-state index contributed by atoms with van der Waals surface area (Å²) >= 11 is 9.39. The van der Waals surface area contributed by atoms with Crippen LogP contribution < -0.4 is 10.1 Å². The lowest BCUT2D eigenvalue weighted by Crippen LogP contribution is -2.21. The summed E-state index contributed by atoms with van der Waals surface area (Å²) in [5.74, 6) is 0.689. The average Bonchev–Trinajstić information content (AvgIpc) is 2.39. The molecule has 1 rings (SSSR count). The minimum Gasteiger partial charge on any atom is -0.490 e. The second-order valence-electron chi connectivity index (χ2n) is 4.14. The van der Waals surface area contributed by atoms with Crippen LogP contribution in [0.4, 0.5) is 0 Å². The largest absolute Gasteiger partial charge is 0.490 e. The molecule has 0 spiro atoms.